The monoisotopic (exact) mass is 369 g/mol. The van der Waals surface area contributed by atoms with Crippen LogP contribution in [-0.4, -0.2) is 28.6 Å². The fourth-order valence-corrected chi connectivity index (χ4v) is 3.27. The molecule has 0 amide bonds. The van der Waals surface area contributed by atoms with Crippen molar-refractivity contribution in [3.05, 3.63) is 96.4 Å². The summed E-state index contributed by atoms with van der Waals surface area (Å²) in [7, 11) is 2.12. The molecule has 0 aliphatic carbocycles. The summed E-state index contributed by atoms with van der Waals surface area (Å²) in [5.74, 6) is 1.31. The third kappa shape index (κ3) is 4.35. The SMILES string of the molecule is CN(CCc1nc(-c2ccccc2)no1)Cc1ccccc1-c1ccccc1. The lowest BCUT2D eigenvalue weighted by atomic mass is 9.99. The molecule has 0 atom stereocenters. The van der Waals surface area contributed by atoms with E-state index < -0.39 is 0 Å². The van der Waals surface area contributed by atoms with Crippen LogP contribution in [0.3, 0.4) is 0 Å². The van der Waals surface area contributed by atoms with Gasteiger partial charge in [-0.15, -0.1) is 0 Å². The summed E-state index contributed by atoms with van der Waals surface area (Å²) < 4.78 is 5.42. The molecule has 0 aliphatic rings. The van der Waals surface area contributed by atoms with Gasteiger partial charge in [-0.05, 0) is 23.7 Å². The molecule has 4 heteroatoms. The first-order valence-electron chi connectivity index (χ1n) is 9.49. The molecule has 0 saturated heterocycles. The van der Waals surface area contributed by atoms with Crippen LogP contribution >= 0.6 is 0 Å². The fourth-order valence-electron chi connectivity index (χ4n) is 3.27. The summed E-state index contributed by atoms with van der Waals surface area (Å²) in [6, 6.07) is 29.0. The highest BCUT2D eigenvalue weighted by molar-refractivity contribution is 5.67. The number of hydrogen-bond acceptors (Lipinski definition) is 4. The van der Waals surface area contributed by atoms with Gasteiger partial charge in [0, 0.05) is 25.1 Å². The van der Waals surface area contributed by atoms with Gasteiger partial charge in [0.25, 0.3) is 0 Å². The van der Waals surface area contributed by atoms with Crippen molar-refractivity contribution in [1.29, 1.82) is 0 Å². The summed E-state index contributed by atoms with van der Waals surface area (Å²) >= 11 is 0. The molecule has 0 aliphatic heterocycles. The summed E-state index contributed by atoms with van der Waals surface area (Å²) in [5, 5.41) is 4.10. The molecule has 3 aromatic carbocycles. The van der Waals surface area contributed by atoms with E-state index in [2.05, 4.69) is 70.6 Å². The first-order chi connectivity index (χ1) is 13.8. The van der Waals surface area contributed by atoms with E-state index in [-0.39, 0.29) is 0 Å². The first kappa shape index (κ1) is 18.1. The van der Waals surface area contributed by atoms with Crippen molar-refractivity contribution in [2.45, 2.75) is 13.0 Å². The number of benzene rings is 3. The van der Waals surface area contributed by atoms with Crippen LogP contribution in [0.5, 0.6) is 0 Å². The Balaban J connectivity index is 1.40. The lowest BCUT2D eigenvalue weighted by molar-refractivity contribution is 0.304. The minimum Gasteiger partial charge on any atom is -0.339 e. The predicted octanol–water partition coefficient (Wildman–Crippen LogP) is 5.08. The average molecular weight is 369 g/mol. The molecule has 0 spiro atoms. The molecule has 0 bridgehead atoms. The normalized spacial score (nSPS) is 11.1. The zero-order valence-electron chi connectivity index (χ0n) is 16.0. The van der Waals surface area contributed by atoms with Gasteiger partial charge in [0.05, 0.1) is 0 Å². The van der Waals surface area contributed by atoms with Gasteiger partial charge < -0.3 is 9.42 Å². The number of nitrogens with zero attached hydrogens (tertiary/aromatic N) is 3. The maximum absolute atomic E-state index is 5.42. The van der Waals surface area contributed by atoms with E-state index in [0.717, 1.165) is 25.1 Å². The van der Waals surface area contributed by atoms with Gasteiger partial charge in [0.15, 0.2) is 0 Å². The maximum atomic E-state index is 5.42. The topological polar surface area (TPSA) is 42.2 Å². The Morgan fingerprint density at radius 2 is 1.43 bits per heavy atom. The first-order valence-corrected chi connectivity index (χ1v) is 9.49. The number of rotatable bonds is 7. The molecule has 0 N–H and O–H groups in total. The van der Waals surface area contributed by atoms with Crippen molar-refractivity contribution in [3.8, 4) is 22.5 Å². The van der Waals surface area contributed by atoms with E-state index in [0.29, 0.717) is 11.7 Å². The summed E-state index contributed by atoms with van der Waals surface area (Å²) in [4.78, 5) is 6.81. The minimum atomic E-state index is 0.646. The van der Waals surface area contributed by atoms with Gasteiger partial charge in [0.2, 0.25) is 11.7 Å². The zero-order valence-corrected chi connectivity index (χ0v) is 16.0. The quantitative estimate of drug-likeness (QED) is 0.456. The molecular weight excluding hydrogens is 346 g/mol. The van der Waals surface area contributed by atoms with Gasteiger partial charge in [-0.1, -0.05) is 90.1 Å². The molecule has 1 heterocycles. The summed E-state index contributed by atoms with van der Waals surface area (Å²) in [6.07, 6.45) is 0.726. The van der Waals surface area contributed by atoms with E-state index in [9.17, 15) is 0 Å². The van der Waals surface area contributed by atoms with E-state index in [1.54, 1.807) is 0 Å². The van der Waals surface area contributed by atoms with Crippen LogP contribution in [0.2, 0.25) is 0 Å². The number of hydrogen-bond donors (Lipinski definition) is 0. The number of likely N-dealkylation sites (N-methyl/N-ethyl adjacent to an activating group) is 1. The summed E-state index contributed by atoms with van der Waals surface area (Å²) in [5.41, 5.74) is 4.81. The Bertz CT molecular complexity index is 1010. The van der Waals surface area contributed by atoms with Crippen LogP contribution in [0.4, 0.5) is 0 Å². The Hall–Kier alpha value is -3.24. The van der Waals surface area contributed by atoms with E-state index in [1.807, 2.05) is 36.4 Å². The lowest BCUT2D eigenvalue weighted by Crippen LogP contribution is -2.21. The van der Waals surface area contributed by atoms with Gasteiger partial charge in [0.1, 0.15) is 0 Å². The molecule has 4 rings (SSSR count). The Kier molecular flexibility index (Phi) is 5.59. The standard InChI is InChI=1S/C24H23N3O/c1-27(17-16-23-25-24(26-28-23)20-12-6-3-7-13-20)18-21-14-8-9-15-22(21)19-10-4-2-5-11-19/h2-15H,16-18H2,1H3. The second-order valence-corrected chi connectivity index (χ2v) is 6.89. The van der Waals surface area contributed by atoms with E-state index in [1.165, 1.54) is 16.7 Å². The van der Waals surface area contributed by atoms with Crippen LogP contribution in [0.25, 0.3) is 22.5 Å². The average Bonchev–Trinajstić information content (AvgIpc) is 3.23. The van der Waals surface area contributed by atoms with E-state index in [4.69, 9.17) is 4.52 Å². The molecule has 140 valence electrons. The second-order valence-electron chi connectivity index (χ2n) is 6.89. The highest BCUT2D eigenvalue weighted by Gasteiger charge is 2.11. The molecule has 4 nitrogen and oxygen atoms in total. The maximum Gasteiger partial charge on any atom is 0.228 e. The second kappa shape index (κ2) is 8.63. The zero-order chi connectivity index (χ0) is 19.2. The number of aromatic nitrogens is 2. The van der Waals surface area contributed by atoms with Crippen LogP contribution in [0.1, 0.15) is 11.5 Å². The molecule has 0 fully saturated rings. The van der Waals surface area contributed by atoms with Crippen LogP contribution in [0.15, 0.2) is 89.5 Å². The van der Waals surface area contributed by atoms with Gasteiger partial charge >= 0.3 is 0 Å². The largest absolute Gasteiger partial charge is 0.339 e. The Labute approximate surface area is 165 Å². The van der Waals surface area contributed by atoms with Crippen molar-refractivity contribution in [3.63, 3.8) is 0 Å². The Morgan fingerprint density at radius 1 is 0.786 bits per heavy atom. The molecule has 0 saturated carbocycles. The molecular formula is C24H23N3O. The molecule has 0 radical (unpaired) electrons. The molecule has 4 aromatic rings. The highest BCUT2D eigenvalue weighted by atomic mass is 16.5. The van der Waals surface area contributed by atoms with Crippen molar-refractivity contribution in [1.82, 2.24) is 15.0 Å². The van der Waals surface area contributed by atoms with Gasteiger partial charge in [-0.2, -0.15) is 4.98 Å². The highest BCUT2D eigenvalue weighted by Crippen LogP contribution is 2.24. The third-order valence-electron chi connectivity index (χ3n) is 4.75. The lowest BCUT2D eigenvalue weighted by Gasteiger charge is -2.18. The van der Waals surface area contributed by atoms with Crippen molar-refractivity contribution < 1.29 is 4.52 Å². The molecule has 0 unspecified atom stereocenters. The third-order valence-corrected chi connectivity index (χ3v) is 4.75. The van der Waals surface area contributed by atoms with Crippen LogP contribution in [-0.2, 0) is 13.0 Å². The smallest absolute Gasteiger partial charge is 0.228 e. The predicted molar refractivity (Wildman–Crippen MR) is 112 cm³/mol. The van der Waals surface area contributed by atoms with E-state index >= 15 is 0 Å². The van der Waals surface area contributed by atoms with Gasteiger partial charge in [-0.3, -0.25) is 0 Å². The van der Waals surface area contributed by atoms with Crippen LogP contribution < -0.4 is 0 Å². The van der Waals surface area contributed by atoms with Crippen molar-refractivity contribution in [2.75, 3.05) is 13.6 Å². The van der Waals surface area contributed by atoms with Gasteiger partial charge in [-0.25, -0.2) is 0 Å². The molecule has 28 heavy (non-hydrogen) atoms. The van der Waals surface area contributed by atoms with Crippen LogP contribution in [0, 0.1) is 0 Å². The van der Waals surface area contributed by atoms with Crippen molar-refractivity contribution in [2.24, 2.45) is 0 Å². The fraction of sp³-hybridized carbons (Fsp3) is 0.167. The minimum absolute atomic E-state index is 0.646. The molecule has 1 aromatic heterocycles. The Morgan fingerprint density at radius 3 is 2.18 bits per heavy atom. The van der Waals surface area contributed by atoms with Crippen molar-refractivity contribution >= 4 is 0 Å². The summed E-state index contributed by atoms with van der Waals surface area (Å²) in [6.45, 7) is 1.71.